The number of amides is 1. The first-order valence-electron chi connectivity index (χ1n) is 5.51. The molecule has 2 N–H and O–H groups in total. The van der Waals surface area contributed by atoms with E-state index in [1.807, 2.05) is 36.4 Å². The van der Waals surface area contributed by atoms with Crippen LogP contribution < -0.4 is 5.32 Å². The van der Waals surface area contributed by atoms with Crippen molar-refractivity contribution in [3.05, 3.63) is 54.6 Å². The zero-order chi connectivity index (χ0) is 12.8. The number of rotatable bonds is 4. The number of thioether (sulfide) groups is 1. The van der Waals surface area contributed by atoms with E-state index in [4.69, 9.17) is 0 Å². The number of benzene rings is 2. The Morgan fingerprint density at radius 2 is 1.89 bits per heavy atom. The van der Waals surface area contributed by atoms with Gasteiger partial charge in [-0.15, -0.1) is 11.8 Å². The van der Waals surface area contributed by atoms with E-state index in [0.29, 0.717) is 5.75 Å². The maximum atomic E-state index is 11.7. The van der Waals surface area contributed by atoms with Crippen LogP contribution in [0.25, 0.3) is 0 Å². The fourth-order valence-electron chi connectivity index (χ4n) is 1.44. The summed E-state index contributed by atoms with van der Waals surface area (Å²) < 4.78 is 0. The van der Waals surface area contributed by atoms with Crippen molar-refractivity contribution in [2.24, 2.45) is 0 Å². The van der Waals surface area contributed by atoms with Crippen molar-refractivity contribution < 1.29 is 9.90 Å². The minimum Gasteiger partial charge on any atom is -0.508 e. The number of phenols is 1. The summed E-state index contributed by atoms with van der Waals surface area (Å²) in [5, 5.41) is 12.1. The standard InChI is InChI=1S/C14H13NO2S/c16-12-7-4-8-13(9-12)18-10-14(17)15-11-5-2-1-3-6-11/h1-9,16H,10H2,(H,15,17). The number of phenolic OH excluding ortho intramolecular Hbond substituents is 1. The third-order valence-electron chi connectivity index (χ3n) is 2.25. The number of carbonyl (C=O) groups is 1. The minimum atomic E-state index is -0.0606. The molecule has 0 bridgehead atoms. The second-order valence-corrected chi connectivity index (χ2v) is 4.75. The molecule has 4 heteroatoms. The predicted octanol–water partition coefficient (Wildman–Crippen LogP) is 3.12. The minimum absolute atomic E-state index is 0.0606. The highest BCUT2D eigenvalue weighted by Gasteiger charge is 2.03. The van der Waals surface area contributed by atoms with Gasteiger partial charge in [0.05, 0.1) is 5.75 Å². The van der Waals surface area contributed by atoms with Crippen LogP contribution in [0.3, 0.4) is 0 Å². The lowest BCUT2D eigenvalue weighted by Crippen LogP contribution is -2.13. The Morgan fingerprint density at radius 1 is 1.11 bits per heavy atom. The van der Waals surface area contributed by atoms with Gasteiger partial charge in [-0.2, -0.15) is 0 Å². The maximum Gasteiger partial charge on any atom is 0.234 e. The first-order chi connectivity index (χ1) is 8.74. The van der Waals surface area contributed by atoms with Gasteiger partial charge >= 0.3 is 0 Å². The molecule has 0 radical (unpaired) electrons. The van der Waals surface area contributed by atoms with Crippen LogP contribution in [0.2, 0.25) is 0 Å². The zero-order valence-corrected chi connectivity index (χ0v) is 10.5. The van der Waals surface area contributed by atoms with E-state index in [2.05, 4.69) is 5.32 Å². The molecule has 3 nitrogen and oxygen atoms in total. The van der Waals surface area contributed by atoms with Crippen LogP contribution >= 0.6 is 11.8 Å². The molecule has 0 aliphatic heterocycles. The summed E-state index contributed by atoms with van der Waals surface area (Å²) >= 11 is 1.39. The van der Waals surface area contributed by atoms with Gasteiger partial charge in [-0.3, -0.25) is 4.79 Å². The molecule has 92 valence electrons. The van der Waals surface area contributed by atoms with Crippen molar-refractivity contribution >= 4 is 23.4 Å². The van der Waals surface area contributed by atoms with Gasteiger partial charge in [0, 0.05) is 10.6 Å². The Hall–Kier alpha value is -1.94. The highest BCUT2D eigenvalue weighted by molar-refractivity contribution is 8.00. The van der Waals surface area contributed by atoms with Crippen molar-refractivity contribution in [2.45, 2.75) is 4.90 Å². The molecule has 0 saturated carbocycles. The highest BCUT2D eigenvalue weighted by Crippen LogP contribution is 2.22. The Balaban J connectivity index is 1.85. The summed E-state index contributed by atoms with van der Waals surface area (Å²) in [5.74, 6) is 0.469. The first-order valence-corrected chi connectivity index (χ1v) is 6.49. The highest BCUT2D eigenvalue weighted by atomic mass is 32.2. The van der Waals surface area contributed by atoms with Gasteiger partial charge < -0.3 is 10.4 Å². The summed E-state index contributed by atoms with van der Waals surface area (Å²) in [6, 6.07) is 16.2. The van der Waals surface area contributed by atoms with E-state index < -0.39 is 0 Å². The van der Waals surface area contributed by atoms with Gasteiger partial charge in [0.15, 0.2) is 0 Å². The first kappa shape index (κ1) is 12.5. The van der Waals surface area contributed by atoms with Crippen LogP contribution in [0.15, 0.2) is 59.5 Å². The van der Waals surface area contributed by atoms with Crippen molar-refractivity contribution in [3.8, 4) is 5.75 Å². The van der Waals surface area contributed by atoms with E-state index in [-0.39, 0.29) is 11.7 Å². The Bertz CT molecular complexity index is 528. The number of para-hydroxylation sites is 1. The largest absolute Gasteiger partial charge is 0.508 e. The average Bonchev–Trinajstić information content (AvgIpc) is 2.38. The van der Waals surface area contributed by atoms with Crippen LogP contribution in [-0.4, -0.2) is 16.8 Å². The summed E-state index contributed by atoms with van der Waals surface area (Å²) in [7, 11) is 0. The van der Waals surface area contributed by atoms with E-state index in [0.717, 1.165) is 10.6 Å². The lowest BCUT2D eigenvalue weighted by atomic mass is 10.3. The molecule has 2 aromatic carbocycles. The smallest absolute Gasteiger partial charge is 0.234 e. The molecule has 2 rings (SSSR count). The fraction of sp³-hybridized carbons (Fsp3) is 0.0714. The molecule has 0 aliphatic rings. The quantitative estimate of drug-likeness (QED) is 0.829. The second-order valence-electron chi connectivity index (χ2n) is 3.70. The number of hydrogen-bond donors (Lipinski definition) is 2. The number of anilines is 1. The molecule has 0 spiro atoms. The predicted molar refractivity (Wildman–Crippen MR) is 73.9 cm³/mol. The number of aromatic hydroxyl groups is 1. The van der Waals surface area contributed by atoms with Crippen LogP contribution in [-0.2, 0) is 4.79 Å². The number of hydrogen-bond acceptors (Lipinski definition) is 3. The molecule has 0 unspecified atom stereocenters. The molecule has 0 aliphatic carbocycles. The Morgan fingerprint density at radius 3 is 2.61 bits per heavy atom. The van der Waals surface area contributed by atoms with E-state index in [1.165, 1.54) is 11.8 Å². The molecule has 0 aromatic heterocycles. The molecular weight excluding hydrogens is 246 g/mol. The van der Waals surface area contributed by atoms with Gasteiger partial charge in [-0.05, 0) is 30.3 Å². The van der Waals surface area contributed by atoms with Gasteiger partial charge in [0.2, 0.25) is 5.91 Å². The normalized spacial score (nSPS) is 10.0. The molecule has 18 heavy (non-hydrogen) atoms. The van der Waals surface area contributed by atoms with Crippen molar-refractivity contribution in [3.63, 3.8) is 0 Å². The molecule has 0 saturated heterocycles. The van der Waals surface area contributed by atoms with Crippen molar-refractivity contribution in [1.29, 1.82) is 0 Å². The van der Waals surface area contributed by atoms with E-state index in [1.54, 1.807) is 18.2 Å². The monoisotopic (exact) mass is 259 g/mol. The van der Waals surface area contributed by atoms with E-state index >= 15 is 0 Å². The molecule has 0 atom stereocenters. The van der Waals surface area contributed by atoms with Crippen molar-refractivity contribution in [1.82, 2.24) is 0 Å². The third kappa shape index (κ3) is 3.82. The number of carbonyl (C=O) groups excluding carboxylic acids is 1. The lowest BCUT2D eigenvalue weighted by molar-refractivity contribution is -0.113. The fourth-order valence-corrected chi connectivity index (χ4v) is 2.19. The van der Waals surface area contributed by atoms with E-state index in [9.17, 15) is 9.90 Å². The van der Waals surface area contributed by atoms with Crippen LogP contribution in [0.4, 0.5) is 5.69 Å². The zero-order valence-electron chi connectivity index (χ0n) is 9.67. The number of nitrogens with one attached hydrogen (secondary N) is 1. The topological polar surface area (TPSA) is 49.3 Å². The molecule has 0 fully saturated rings. The van der Waals surface area contributed by atoms with Gasteiger partial charge in [0.1, 0.15) is 5.75 Å². The van der Waals surface area contributed by atoms with Gasteiger partial charge in [-0.1, -0.05) is 24.3 Å². The van der Waals surface area contributed by atoms with Crippen LogP contribution in [0, 0.1) is 0 Å². The maximum absolute atomic E-state index is 11.7. The summed E-state index contributed by atoms with van der Waals surface area (Å²) in [6.45, 7) is 0. The summed E-state index contributed by atoms with van der Waals surface area (Å²) in [5.41, 5.74) is 0.791. The van der Waals surface area contributed by atoms with Gasteiger partial charge in [-0.25, -0.2) is 0 Å². The SMILES string of the molecule is O=C(CSc1cccc(O)c1)Nc1ccccc1. The molecule has 2 aromatic rings. The van der Waals surface area contributed by atoms with Crippen molar-refractivity contribution in [2.75, 3.05) is 11.1 Å². The molecular formula is C14H13NO2S. The molecule has 0 heterocycles. The average molecular weight is 259 g/mol. The van der Waals surface area contributed by atoms with Crippen LogP contribution in [0.1, 0.15) is 0 Å². The van der Waals surface area contributed by atoms with Gasteiger partial charge in [0.25, 0.3) is 0 Å². The molecule has 1 amide bonds. The van der Waals surface area contributed by atoms with Crippen LogP contribution in [0.5, 0.6) is 5.75 Å². The Labute approximate surface area is 110 Å². The lowest BCUT2D eigenvalue weighted by Gasteiger charge is -2.05. The summed E-state index contributed by atoms with van der Waals surface area (Å²) in [6.07, 6.45) is 0. The second kappa shape index (κ2) is 6.12. The Kier molecular flexibility index (Phi) is 4.25. The summed E-state index contributed by atoms with van der Waals surface area (Å²) in [4.78, 5) is 12.5. The third-order valence-corrected chi connectivity index (χ3v) is 3.24.